The van der Waals surface area contributed by atoms with Crippen LogP contribution in [0.15, 0.2) is 61.1 Å². The molecular formula is C28H29N7O2. The molecule has 0 unspecified atom stereocenters. The molecule has 5 aromatic rings. The predicted molar refractivity (Wildman–Crippen MR) is 140 cm³/mol. The van der Waals surface area contributed by atoms with E-state index in [0.29, 0.717) is 6.54 Å². The maximum atomic E-state index is 5.60. The van der Waals surface area contributed by atoms with Gasteiger partial charge in [-0.15, -0.1) is 0 Å². The molecule has 0 atom stereocenters. The molecule has 0 saturated carbocycles. The Morgan fingerprint density at radius 2 is 1.86 bits per heavy atom. The molecule has 1 N–H and O–H groups in total. The van der Waals surface area contributed by atoms with Gasteiger partial charge in [-0.1, -0.05) is 12.1 Å². The molecule has 0 saturated heterocycles. The van der Waals surface area contributed by atoms with Gasteiger partial charge in [0.25, 0.3) is 0 Å². The van der Waals surface area contributed by atoms with Crippen molar-refractivity contribution in [3.05, 3.63) is 78.1 Å². The van der Waals surface area contributed by atoms with Gasteiger partial charge in [-0.3, -0.25) is 9.88 Å². The molecule has 5 heterocycles. The lowest BCUT2D eigenvalue weighted by Gasteiger charge is -2.35. The first-order chi connectivity index (χ1) is 17.8. The molecule has 0 bridgehead atoms. The highest BCUT2D eigenvalue weighted by molar-refractivity contribution is 5.77. The molecular weight excluding hydrogens is 466 g/mol. The van der Waals surface area contributed by atoms with E-state index in [2.05, 4.69) is 52.9 Å². The van der Waals surface area contributed by atoms with Crippen LogP contribution < -0.4 is 9.47 Å². The van der Waals surface area contributed by atoms with Crippen LogP contribution in [0, 0.1) is 6.92 Å². The zero-order valence-electron chi connectivity index (χ0n) is 21.4. The Morgan fingerprint density at radius 1 is 1.00 bits per heavy atom. The second-order valence-electron chi connectivity index (χ2n) is 10.3. The van der Waals surface area contributed by atoms with Crippen molar-refractivity contribution in [2.75, 3.05) is 6.79 Å². The lowest BCUT2D eigenvalue weighted by Crippen LogP contribution is -2.40. The molecule has 0 fully saturated rings. The van der Waals surface area contributed by atoms with E-state index < -0.39 is 0 Å². The second-order valence-corrected chi connectivity index (χ2v) is 10.3. The highest BCUT2D eigenvalue weighted by Gasteiger charge is 2.25. The number of rotatable bonds is 6. The van der Waals surface area contributed by atoms with E-state index in [4.69, 9.17) is 19.4 Å². The number of benzene rings is 1. The maximum absolute atomic E-state index is 5.60. The molecule has 1 aliphatic heterocycles. The van der Waals surface area contributed by atoms with Crippen LogP contribution >= 0.6 is 0 Å². The Morgan fingerprint density at radius 3 is 2.70 bits per heavy atom. The average Bonchev–Trinajstić information content (AvgIpc) is 3.61. The number of fused-ring (bicyclic) bond motifs is 2. The van der Waals surface area contributed by atoms with Gasteiger partial charge in [0.15, 0.2) is 17.1 Å². The average molecular weight is 496 g/mol. The largest absolute Gasteiger partial charge is 0.454 e. The number of imidazole rings is 1. The number of ether oxygens (including phenoxy) is 2. The van der Waals surface area contributed by atoms with Crippen molar-refractivity contribution in [3.8, 4) is 34.1 Å². The Bertz CT molecular complexity index is 1580. The quantitative estimate of drug-likeness (QED) is 0.354. The Kier molecular flexibility index (Phi) is 5.64. The molecule has 1 aliphatic rings. The molecule has 0 spiro atoms. The van der Waals surface area contributed by atoms with Gasteiger partial charge >= 0.3 is 0 Å². The molecule has 9 nitrogen and oxygen atoms in total. The first-order valence-corrected chi connectivity index (χ1v) is 12.3. The third-order valence-electron chi connectivity index (χ3n) is 6.54. The fourth-order valence-corrected chi connectivity index (χ4v) is 4.50. The van der Waals surface area contributed by atoms with Crippen molar-refractivity contribution in [2.24, 2.45) is 0 Å². The van der Waals surface area contributed by atoms with E-state index in [1.165, 1.54) is 0 Å². The lowest BCUT2D eigenvalue weighted by molar-refractivity contribution is 0.115. The second kappa shape index (κ2) is 9.01. The summed E-state index contributed by atoms with van der Waals surface area (Å²) in [5.74, 6) is 2.45. The van der Waals surface area contributed by atoms with Crippen molar-refractivity contribution in [3.63, 3.8) is 0 Å². The van der Waals surface area contributed by atoms with Gasteiger partial charge in [-0.05, 0) is 69.7 Å². The maximum Gasteiger partial charge on any atom is 0.231 e. The molecule has 0 aliphatic carbocycles. The van der Waals surface area contributed by atoms with Gasteiger partial charge in [0.05, 0.1) is 23.6 Å². The third-order valence-corrected chi connectivity index (χ3v) is 6.54. The van der Waals surface area contributed by atoms with Crippen LogP contribution in [0.3, 0.4) is 0 Å². The summed E-state index contributed by atoms with van der Waals surface area (Å²) >= 11 is 0. The van der Waals surface area contributed by atoms with Crippen LogP contribution in [-0.4, -0.2) is 46.8 Å². The minimum absolute atomic E-state index is 0.106. The lowest BCUT2D eigenvalue weighted by atomic mass is 10.0. The molecule has 4 aromatic heterocycles. The predicted octanol–water partition coefficient (Wildman–Crippen LogP) is 5.02. The first-order valence-electron chi connectivity index (χ1n) is 12.3. The van der Waals surface area contributed by atoms with E-state index in [-0.39, 0.29) is 12.3 Å². The minimum atomic E-state index is -0.106. The molecule has 37 heavy (non-hydrogen) atoms. The fourth-order valence-electron chi connectivity index (χ4n) is 4.50. The number of pyridine rings is 2. The molecule has 9 heteroatoms. The zero-order valence-corrected chi connectivity index (χ0v) is 21.4. The van der Waals surface area contributed by atoms with Crippen molar-refractivity contribution < 1.29 is 9.47 Å². The van der Waals surface area contributed by atoms with E-state index >= 15 is 0 Å². The van der Waals surface area contributed by atoms with Gasteiger partial charge in [0, 0.05) is 29.5 Å². The van der Waals surface area contributed by atoms with E-state index in [1.54, 1.807) is 10.8 Å². The number of nitrogens with zero attached hydrogens (tertiary/aromatic N) is 6. The third kappa shape index (κ3) is 4.65. The van der Waals surface area contributed by atoms with E-state index in [9.17, 15) is 0 Å². The van der Waals surface area contributed by atoms with Gasteiger partial charge in [0.2, 0.25) is 6.79 Å². The first kappa shape index (κ1) is 23.2. The highest BCUT2D eigenvalue weighted by atomic mass is 16.7. The minimum Gasteiger partial charge on any atom is -0.454 e. The number of H-pyrrole nitrogens is 1. The summed E-state index contributed by atoms with van der Waals surface area (Å²) in [7, 11) is 0. The molecule has 188 valence electrons. The topological polar surface area (TPSA) is 93.5 Å². The van der Waals surface area contributed by atoms with Gasteiger partial charge in [-0.2, -0.15) is 5.10 Å². The zero-order chi connectivity index (χ0) is 25.6. The summed E-state index contributed by atoms with van der Waals surface area (Å²) in [5, 5.41) is 4.31. The van der Waals surface area contributed by atoms with Crippen LogP contribution in [0.4, 0.5) is 0 Å². The Labute approximate surface area is 215 Å². The number of hydrogen-bond donors (Lipinski definition) is 1. The van der Waals surface area contributed by atoms with Crippen molar-refractivity contribution in [1.29, 1.82) is 0 Å². The summed E-state index contributed by atoms with van der Waals surface area (Å²) in [6, 6.07) is 16.1. The standard InChI is InChI=1S/C28H29N7O2/c1-18-6-5-7-21(31-18)27-26(20-9-11-25-29-16-30-35(25)14-20)32-24(33-27)15-34(28(2,3)4)13-19-8-10-22-23(12-19)37-17-36-22/h5-12,14,16H,13,15,17H2,1-4H3,(H,32,33). The summed E-state index contributed by atoms with van der Waals surface area (Å²) < 4.78 is 12.8. The number of nitrogens with one attached hydrogen (secondary N) is 1. The van der Waals surface area contributed by atoms with Gasteiger partial charge < -0.3 is 14.5 Å². The summed E-state index contributed by atoms with van der Waals surface area (Å²) in [6.07, 6.45) is 3.51. The normalized spacial score (nSPS) is 13.1. The van der Waals surface area contributed by atoms with Crippen molar-refractivity contribution >= 4 is 5.65 Å². The fraction of sp³-hybridized carbons (Fsp3) is 0.286. The van der Waals surface area contributed by atoms with Crippen molar-refractivity contribution in [2.45, 2.75) is 46.3 Å². The van der Waals surface area contributed by atoms with E-state index in [1.807, 2.05) is 49.5 Å². The van der Waals surface area contributed by atoms with Crippen LogP contribution in [0.1, 0.15) is 37.9 Å². The Balaban J connectivity index is 1.38. The molecule has 0 radical (unpaired) electrons. The smallest absolute Gasteiger partial charge is 0.231 e. The van der Waals surface area contributed by atoms with Crippen LogP contribution in [0.2, 0.25) is 0 Å². The SMILES string of the molecule is Cc1cccc(-c2[nH]c(CN(Cc3ccc4c(c3)OCO4)C(C)(C)C)nc2-c2ccc3ncnn3c2)n1. The van der Waals surface area contributed by atoms with Crippen LogP contribution in [0.25, 0.3) is 28.3 Å². The summed E-state index contributed by atoms with van der Waals surface area (Å²) in [5.41, 5.74) is 6.30. The number of aromatic nitrogens is 6. The Hall–Kier alpha value is -4.24. The molecule has 1 aromatic carbocycles. The molecule has 0 amide bonds. The van der Waals surface area contributed by atoms with Gasteiger partial charge in [0.1, 0.15) is 12.2 Å². The van der Waals surface area contributed by atoms with Gasteiger partial charge in [-0.25, -0.2) is 14.5 Å². The van der Waals surface area contributed by atoms with Crippen molar-refractivity contribution in [1.82, 2.24) is 34.4 Å². The highest BCUT2D eigenvalue weighted by Crippen LogP contribution is 2.34. The molecule has 6 rings (SSSR count). The monoisotopic (exact) mass is 495 g/mol. The number of aromatic amines is 1. The van der Waals surface area contributed by atoms with Crippen LogP contribution in [-0.2, 0) is 13.1 Å². The summed E-state index contributed by atoms with van der Waals surface area (Å²) in [4.78, 5) is 20.1. The number of aryl methyl sites for hydroxylation is 1. The van der Waals surface area contributed by atoms with E-state index in [0.717, 1.165) is 63.4 Å². The van der Waals surface area contributed by atoms with Crippen LogP contribution in [0.5, 0.6) is 11.5 Å². The summed E-state index contributed by atoms with van der Waals surface area (Å²) in [6.45, 7) is 10.3. The number of hydrogen-bond acceptors (Lipinski definition) is 7.